The molecule has 4 heteroatoms. The van der Waals surface area contributed by atoms with Gasteiger partial charge in [-0.2, -0.15) is 0 Å². The van der Waals surface area contributed by atoms with Crippen LogP contribution < -0.4 is 10.2 Å². The zero-order valence-corrected chi connectivity index (χ0v) is 16.8. The number of benzene rings is 2. The number of pyridine rings is 1. The molecular weight excluding hydrogens is 358 g/mol. The molecule has 1 aliphatic heterocycles. The van der Waals surface area contributed by atoms with E-state index in [0.717, 1.165) is 35.7 Å². The molecule has 1 aromatic heterocycles. The van der Waals surface area contributed by atoms with Crippen molar-refractivity contribution >= 4 is 17.4 Å². The lowest BCUT2D eigenvalue weighted by molar-refractivity contribution is -0.116. The van der Waals surface area contributed by atoms with Crippen LogP contribution in [0, 0.1) is 5.92 Å². The third kappa shape index (κ3) is 4.65. The zero-order chi connectivity index (χ0) is 20.1. The van der Waals surface area contributed by atoms with Gasteiger partial charge in [-0.05, 0) is 42.0 Å². The van der Waals surface area contributed by atoms with Gasteiger partial charge in [0.25, 0.3) is 0 Å². The van der Waals surface area contributed by atoms with Gasteiger partial charge in [0.15, 0.2) is 0 Å². The number of anilines is 2. The van der Waals surface area contributed by atoms with Gasteiger partial charge in [0, 0.05) is 13.1 Å². The van der Waals surface area contributed by atoms with E-state index in [1.54, 1.807) is 6.20 Å². The second kappa shape index (κ2) is 8.91. The summed E-state index contributed by atoms with van der Waals surface area (Å²) in [6.07, 6.45) is 4.25. The highest BCUT2D eigenvalue weighted by Crippen LogP contribution is 2.27. The van der Waals surface area contributed by atoms with Gasteiger partial charge >= 0.3 is 0 Å². The molecule has 2 aromatic carbocycles. The van der Waals surface area contributed by atoms with Crippen LogP contribution in [0.2, 0.25) is 0 Å². The normalized spacial score (nSPS) is 16.6. The Hall–Kier alpha value is -3.14. The Balaban J connectivity index is 1.52. The van der Waals surface area contributed by atoms with E-state index in [1.165, 1.54) is 12.8 Å². The van der Waals surface area contributed by atoms with Gasteiger partial charge in [0.05, 0.1) is 17.8 Å². The molecule has 2 heterocycles. The van der Waals surface area contributed by atoms with Crippen molar-refractivity contribution in [3.05, 3.63) is 90.1 Å². The molecule has 0 bridgehead atoms. The molecule has 4 rings (SSSR count). The van der Waals surface area contributed by atoms with Gasteiger partial charge in [0.2, 0.25) is 5.91 Å². The monoisotopic (exact) mass is 385 g/mol. The molecule has 4 nitrogen and oxygen atoms in total. The minimum atomic E-state index is -0.361. The number of aromatic nitrogens is 1. The average Bonchev–Trinajstić information content (AvgIpc) is 2.76. The fourth-order valence-electron chi connectivity index (χ4n) is 4.05. The number of hydrogen-bond acceptors (Lipinski definition) is 3. The average molecular weight is 386 g/mol. The largest absolute Gasteiger partial charge is 0.356 e. The summed E-state index contributed by atoms with van der Waals surface area (Å²) in [6, 6.07) is 23.7. The smallest absolute Gasteiger partial charge is 0.236 e. The maximum absolute atomic E-state index is 13.2. The highest BCUT2D eigenvalue weighted by Gasteiger charge is 2.23. The quantitative estimate of drug-likeness (QED) is 0.665. The third-order valence-electron chi connectivity index (χ3n) is 5.52. The van der Waals surface area contributed by atoms with E-state index in [9.17, 15) is 4.79 Å². The summed E-state index contributed by atoms with van der Waals surface area (Å²) in [7, 11) is 0. The fourth-order valence-corrected chi connectivity index (χ4v) is 4.05. The summed E-state index contributed by atoms with van der Waals surface area (Å²) in [5.74, 6) is 1.27. The molecule has 0 radical (unpaired) electrons. The first kappa shape index (κ1) is 19.2. The third-order valence-corrected chi connectivity index (χ3v) is 5.52. The Kier molecular flexibility index (Phi) is 5.89. The second-order valence-corrected chi connectivity index (χ2v) is 7.84. The number of piperidine rings is 1. The van der Waals surface area contributed by atoms with Crippen molar-refractivity contribution in [3.8, 4) is 0 Å². The lowest BCUT2D eigenvalue weighted by Crippen LogP contribution is -2.34. The van der Waals surface area contributed by atoms with Crippen LogP contribution in [0.3, 0.4) is 0 Å². The summed E-state index contributed by atoms with van der Waals surface area (Å²) in [5.41, 5.74) is 2.67. The van der Waals surface area contributed by atoms with Crippen molar-refractivity contribution in [3.63, 3.8) is 0 Å². The SMILES string of the molecule is CC1CCCN(c2ccc(NC(=O)C(c3ccccc3)c3ccccc3)cn2)C1. The first-order chi connectivity index (χ1) is 14.2. The van der Waals surface area contributed by atoms with Crippen LogP contribution in [0.15, 0.2) is 79.0 Å². The number of nitrogens with one attached hydrogen (secondary N) is 1. The van der Waals surface area contributed by atoms with E-state index < -0.39 is 0 Å². The van der Waals surface area contributed by atoms with Gasteiger partial charge in [-0.3, -0.25) is 4.79 Å². The topological polar surface area (TPSA) is 45.2 Å². The van der Waals surface area contributed by atoms with Gasteiger partial charge < -0.3 is 10.2 Å². The Morgan fingerprint density at radius 2 is 1.66 bits per heavy atom. The highest BCUT2D eigenvalue weighted by atomic mass is 16.1. The minimum Gasteiger partial charge on any atom is -0.356 e. The Labute approximate surface area is 172 Å². The number of amides is 1. The van der Waals surface area contributed by atoms with Crippen LogP contribution in [-0.4, -0.2) is 24.0 Å². The maximum Gasteiger partial charge on any atom is 0.236 e. The highest BCUT2D eigenvalue weighted by molar-refractivity contribution is 5.98. The maximum atomic E-state index is 13.2. The lowest BCUT2D eigenvalue weighted by Gasteiger charge is -2.31. The van der Waals surface area contributed by atoms with Crippen molar-refractivity contribution in [2.45, 2.75) is 25.7 Å². The molecule has 1 unspecified atom stereocenters. The number of nitrogens with zero attached hydrogens (tertiary/aromatic N) is 2. The number of carbonyl (C=O) groups is 1. The first-order valence-electron chi connectivity index (χ1n) is 10.3. The molecular formula is C25H27N3O. The van der Waals surface area contributed by atoms with Crippen LogP contribution in [-0.2, 0) is 4.79 Å². The van der Waals surface area contributed by atoms with Crippen LogP contribution in [0.1, 0.15) is 36.8 Å². The molecule has 1 atom stereocenters. The van der Waals surface area contributed by atoms with Gasteiger partial charge in [-0.25, -0.2) is 4.98 Å². The van der Waals surface area contributed by atoms with Crippen LogP contribution in [0.4, 0.5) is 11.5 Å². The molecule has 1 fully saturated rings. The summed E-state index contributed by atoms with van der Waals surface area (Å²) in [6.45, 7) is 4.38. The molecule has 1 aliphatic rings. The van der Waals surface area contributed by atoms with Gasteiger partial charge in [0.1, 0.15) is 5.82 Å². The van der Waals surface area contributed by atoms with Crippen molar-refractivity contribution in [1.82, 2.24) is 4.98 Å². The summed E-state index contributed by atoms with van der Waals surface area (Å²) >= 11 is 0. The lowest BCUT2D eigenvalue weighted by atomic mass is 9.90. The first-order valence-corrected chi connectivity index (χ1v) is 10.3. The molecule has 1 N–H and O–H groups in total. The Bertz CT molecular complexity index is 886. The fraction of sp³-hybridized carbons (Fsp3) is 0.280. The Morgan fingerprint density at radius 1 is 1.00 bits per heavy atom. The summed E-state index contributed by atoms with van der Waals surface area (Å²) in [4.78, 5) is 20.1. The van der Waals surface area contributed by atoms with E-state index in [1.807, 2.05) is 72.8 Å². The van der Waals surface area contributed by atoms with E-state index in [-0.39, 0.29) is 11.8 Å². The van der Waals surface area contributed by atoms with E-state index in [4.69, 9.17) is 0 Å². The predicted octanol–water partition coefficient (Wildman–Crippen LogP) is 5.09. The predicted molar refractivity (Wildman–Crippen MR) is 118 cm³/mol. The van der Waals surface area contributed by atoms with Crippen molar-refractivity contribution in [1.29, 1.82) is 0 Å². The molecule has 0 aliphatic carbocycles. The molecule has 1 amide bonds. The molecule has 148 valence electrons. The molecule has 3 aromatic rings. The standard InChI is InChI=1S/C25H27N3O/c1-19-9-8-16-28(18-19)23-15-14-22(17-26-23)27-25(29)24(20-10-4-2-5-11-20)21-12-6-3-7-13-21/h2-7,10-15,17,19,24H,8-9,16,18H2,1H3,(H,27,29). The zero-order valence-electron chi connectivity index (χ0n) is 16.8. The number of hydrogen-bond donors (Lipinski definition) is 1. The number of rotatable bonds is 5. The molecule has 1 saturated heterocycles. The molecule has 29 heavy (non-hydrogen) atoms. The van der Waals surface area contributed by atoms with E-state index in [0.29, 0.717) is 5.92 Å². The second-order valence-electron chi connectivity index (χ2n) is 7.84. The van der Waals surface area contributed by atoms with Crippen molar-refractivity contribution in [2.24, 2.45) is 5.92 Å². The summed E-state index contributed by atoms with van der Waals surface area (Å²) in [5, 5.41) is 3.06. The summed E-state index contributed by atoms with van der Waals surface area (Å²) < 4.78 is 0. The molecule has 0 saturated carbocycles. The number of carbonyl (C=O) groups excluding carboxylic acids is 1. The van der Waals surface area contributed by atoms with E-state index >= 15 is 0 Å². The molecule has 0 spiro atoms. The Morgan fingerprint density at radius 3 is 2.21 bits per heavy atom. The van der Waals surface area contributed by atoms with Gasteiger partial charge in [-0.15, -0.1) is 0 Å². The van der Waals surface area contributed by atoms with E-state index in [2.05, 4.69) is 22.1 Å². The van der Waals surface area contributed by atoms with Crippen molar-refractivity contribution in [2.75, 3.05) is 23.3 Å². The van der Waals surface area contributed by atoms with Crippen LogP contribution in [0.5, 0.6) is 0 Å². The van der Waals surface area contributed by atoms with Crippen LogP contribution in [0.25, 0.3) is 0 Å². The van der Waals surface area contributed by atoms with Gasteiger partial charge in [-0.1, -0.05) is 67.6 Å². The van der Waals surface area contributed by atoms with Crippen LogP contribution >= 0.6 is 0 Å². The minimum absolute atomic E-state index is 0.0523. The van der Waals surface area contributed by atoms with Crippen molar-refractivity contribution < 1.29 is 4.79 Å².